The number of likely N-dealkylation sites (tertiary alicyclic amines) is 1. The van der Waals surface area contributed by atoms with E-state index >= 15 is 0 Å². The molecule has 4 rings (SSSR count). The number of thioether (sulfide) groups is 1. The summed E-state index contributed by atoms with van der Waals surface area (Å²) < 4.78 is 0. The lowest BCUT2D eigenvalue weighted by Crippen LogP contribution is -2.71. The van der Waals surface area contributed by atoms with Crippen LogP contribution in [0.25, 0.3) is 0 Å². The van der Waals surface area contributed by atoms with Crippen molar-refractivity contribution < 1.29 is 34.9 Å². The molecule has 0 unspecified atom stereocenters. The SMILES string of the molecule is C/C=C\C1=C(C(=O)O)N2C(=O)[C@@H](NC(=O)[C@H](N)c3ccc(O)cc3)[C@H]2SC1.CN1CCCC1=O.O. The zero-order chi connectivity index (χ0) is 25.0. The first kappa shape index (κ1) is 27.9. The summed E-state index contributed by atoms with van der Waals surface area (Å²) in [7, 11) is 1.84. The summed E-state index contributed by atoms with van der Waals surface area (Å²) >= 11 is 1.39. The molecule has 7 N–H and O–H groups in total. The average molecular weight is 507 g/mol. The van der Waals surface area contributed by atoms with Crippen LogP contribution in [0.4, 0.5) is 0 Å². The van der Waals surface area contributed by atoms with Gasteiger partial charge in [0.2, 0.25) is 11.8 Å². The number of fused-ring (bicyclic) bond motifs is 1. The summed E-state index contributed by atoms with van der Waals surface area (Å²) in [5.74, 6) is -1.42. The van der Waals surface area contributed by atoms with Gasteiger partial charge in [-0.1, -0.05) is 24.3 Å². The van der Waals surface area contributed by atoms with Crippen molar-refractivity contribution in [2.45, 2.75) is 37.2 Å². The number of nitrogens with zero attached hydrogens (tertiary/aromatic N) is 2. The van der Waals surface area contributed by atoms with E-state index in [-0.39, 0.29) is 16.9 Å². The number of nitrogens with two attached hydrogens (primary N) is 1. The van der Waals surface area contributed by atoms with E-state index in [9.17, 15) is 29.4 Å². The molecule has 3 atom stereocenters. The van der Waals surface area contributed by atoms with Crippen molar-refractivity contribution in [2.75, 3.05) is 19.3 Å². The highest BCUT2D eigenvalue weighted by Gasteiger charge is 2.54. The Kier molecular flexibility index (Phi) is 9.46. The van der Waals surface area contributed by atoms with Crippen LogP contribution in [0.1, 0.15) is 31.4 Å². The number of amides is 3. The molecule has 3 aliphatic heterocycles. The van der Waals surface area contributed by atoms with Crippen molar-refractivity contribution in [3.63, 3.8) is 0 Å². The predicted molar refractivity (Wildman–Crippen MR) is 130 cm³/mol. The van der Waals surface area contributed by atoms with E-state index in [2.05, 4.69) is 5.32 Å². The fraction of sp³-hybridized carbons (Fsp3) is 0.391. The lowest BCUT2D eigenvalue weighted by molar-refractivity contribution is -0.150. The normalized spacial score (nSPS) is 22.0. The van der Waals surface area contributed by atoms with Gasteiger partial charge in [-0.3, -0.25) is 19.3 Å². The Morgan fingerprint density at radius 3 is 2.40 bits per heavy atom. The minimum Gasteiger partial charge on any atom is -0.508 e. The Hall–Kier alpha value is -3.35. The summed E-state index contributed by atoms with van der Waals surface area (Å²) in [4.78, 5) is 50.0. The van der Waals surface area contributed by atoms with Gasteiger partial charge in [-0.25, -0.2) is 4.79 Å². The first-order chi connectivity index (χ1) is 16.1. The number of benzene rings is 1. The predicted octanol–water partition coefficient (Wildman–Crippen LogP) is 0.121. The topological polar surface area (TPSA) is 185 Å². The van der Waals surface area contributed by atoms with Crippen molar-refractivity contribution in [3.05, 3.63) is 53.3 Å². The molecule has 0 spiro atoms. The van der Waals surface area contributed by atoms with Crippen LogP contribution in [0.5, 0.6) is 5.75 Å². The highest BCUT2D eigenvalue weighted by atomic mass is 32.2. The number of carboxylic acid groups (broad SMARTS) is 1. The van der Waals surface area contributed by atoms with Gasteiger partial charge in [0, 0.05) is 25.8 Å². The number of carboxylic acids is 1. The second-order valence-electron chi connectivity index (χ2n) is 8.06. The molecule has 190 valence electrons. The molecular formula is C23H30N4O7S. The highest BCUT2D eigenvalue weighted by molar-refractivity contribution is 8.00. The molecule has 12 heteroatoms. The van der Waals surface area contributed by atoms with E-state index in [4.69, 9.17) is 5.73 Å². The molecule has 0 saturated carbocycles. The number of carbonyl (C=O) groups is 4. The Labute approximate surface area is 206 Å². The molecule has 0 aromatic heterocycles. The molecule has 3 amide bonds. The lowest BCUT2D eigenvalue weighted by Gasteiger charge is -2.49. The maximum atomic E-state index is 12.5. The third-order valence-electron chi connectivity index (χ3n) is 5.71. The standard InChI is InChI=1S/C18H19N3O5S.C5H9NO.H2O/c1-2-3-10-8-27-17-13(16(24)21(17)14(10)18(25)26)20-15(23)12(19)9-4-6-11(22)7-5-9;1-6-4-2-3-5(6)7;/h2-7,12-13,17,22H,8,19H2,1H3,(H,20,23)(H,25,26);2-4H2,1H3;1H2/b3-2-;;/t12-,13-,17-;;/m1../s1. The molecule has 1 aromatic carbocycles. The van der Waals surface area contributed by atoms with E-state index in [0.717, 1.165) is 19.4 Å². The van der Waals surface area contributed by atoms with Crippen LogP contribution < -0.4 is 11.1 Å². The van der Waals surface area contributed by atoms with Gasteiger partial charge in [0.25, 0.3) is 5.91 Å². The Morgan fingerprint density at radius 2 is 1.91 bits per heavy atom. The number of aromatic hydroxyl groups is 1. The van der Waals surface area contributed by atoms with Gasteiger partial charge in [0.05, 0.1) is 0 Å². The van der Waals surface area contributed by atoms with Gasteiger partial charge in [0.1, 0.15) is 28.9 Å². The van der Waals surface area contributed by atoms with E-state index in [1.807, 2.05) is 7.05 Å². The monoisotopic (exact) mass is 506 g/mol. The van der Waals surface area contributed by atoms with Gasteiger partial charge < -0.3 is 31.6 Å². The number of aliphatic carboxylic acids is 1. The van der Waals surface area contributed by atoms with Crippen molar-refractivity contribution in [3.8, 4) is 5.75 Å². The lowest BCUT2D eigenvalue weighted by atomic mass is 10.0. The van der Waals surface area contributed by atoms with Crippen LogP contribution in [0, 0.1) is 0 Å². The molecule has 0 bridgehead atoms. The van der Waals surface area contributed by atoms with Gasteiger partial charge >= 0.3 is 5.97 Å². The van der Waals surface area contributed by atoms with Crippen LogP contribution >= 0.6 is 11.8 Å². The molecule has 35 heavy (non-hydrogen) atoms. The number of phenolic OH excluding ortho intramolecular Hbond substituents is 1. The minimum absolute atomic E-state index is 0. The Morgan fingerprint density at radius 1 is 1.26 bits per heavy atom. The summed E-state index contributed by atoms with van der Waals surface area (Å²) in [6.07, 6.45) is 5.21. The smallest absolute Gasteiger partial charge is 0.352 e. The third-order valence-corrected chi connectivity index (χ3v) is 7.01. The summed E-state index contributed by atoms with van der Waals surface area (Å²) in [5.41, 5.74) is 6.93. The maximum Gasteiger partial charge on any atom is 0.352 e. The summed E-state index contributed by atoms with van der Waals surface area (Å²) in [6, 6.07) is 4.06. The van der Waals surface area contributed by atoms with Gasteiger partial charge in [-0.2, -0.15) is 0 Å². The number of allylic oxidation sites excluding steroid dienone is 2. The van der Waals surface area contributed by atoms with E-state index in [0.29, 0.717) is 22.8 Å². The average Bonchev–Trinajstić information content (AvgIpc) is 3.19. The second-order valence-corrected chi connectivity index (χ2v) is 9.17. The summed E-state index contributed by atoms with van der Waals surface area (Å²) in [5, 5.41) is 20.9. The van der Waals surface area contributed by atoms with Crippen LogP contribution in [-0.4, -0.2) is 79.9 Å². The van der Waals surface area contributed by atoms with Gasteiger partial charge in [-0.15, -0.1) is 11.8 Å². The molecule has 0 radical (unpaired) electrons. The van der Waals surface area contributed by atoms with Crippen LogP contribution in [-0.2, 0) is 19.2 Å². The molecule has 11 nitrogen and oxygen atoms in total. The molecule has 3 heterocycles. The molecule has 0 aliphatic carbocycles. The van der Waals surface area contributed by atoms with E-state index in [1.54, 1.807) is 24.0 Å². The molecule has 1 aromatic rings. The van der Waals surface area contributed by atoms with Crippen LogP contribution in [0.2, 0.25) is 0 Å². The summed E-state index contributed by atoms with van der Waals surface area (Å²) in [6.45, 7) is 2.73. The molecule has 3 aliphatic rings. The number of rotatable bonds is 5. The van der Waals surface area contributed by atoms with Crippen molar-refractivity contribution in [1.82, 2.24) is 15.1 Å². The zero-order valence-corrected chi connectivity index (χ0v) is 20.2. The minimum atomic E-state index is -1.17. The number of hydrogen-bond acceptors (Lipinski definition) is 7. The quantitative estimate of drug-likeness (QED) is 0.406. The zero-order valence-electron chi connectivity index (χ0n) is 19.4. The number of carbonyl (C=O) groups excluding carboxylic acids is 3. The second kappa shape index (κ2) is 11.9. The highest BCUT2D eigenvalue weighted by Crippen LogP contribution is 2.40. The maximum absolute atomic E-state index is 12.5. The third kappa shape index (κ3) is 6.02. The van der Waals surface area contributed by atoms with Crippen LogP contribution in [0.15, 0.2) is 47.7 Å². The number of nitrogens with one attached hydrogen (secondary N) is 1. The Bertz CT molecular complexity index is 1040. The fourth-order valence-electron chi connectivity index (χ4n) is 3.83. The van der Waals surface area contributed by atoms with Gasteiger partial charge in [0.15, 0.2) is 0 Å². The molecular weight excluding hydrogens is 476 g/mol. The van der Waals surface area contributed by atoms with Crippen molar-refractivity contribution in [1.29, 1.82) is 0 Å². The fourth-order valence-corrected chi connectivity index (χ4v) is 5.15. The first-order valence-corrected chi connectivity index (χ1v) is 11.8. The first-order valence-electron chi connectivity index (χ1n) is 10.8. The van der Waals surface area contributed by atoms with E-state index in [1.165, 1.54) is 40.9 Å². The van der Waals surface area contributed by atoms with Crippen molar-refractivity contribution >= 4 is 35.5 Å². The van der Waals surface area contributed by atoms with Gasteiger partial charge in [-0.05, 0) is 36.6 Å². The molecule has 2 fully saturated rings. The Balaban J connectivity index is 0.000000465. The van der Waals surface area contributed by atoms with Crippen molar-refractivity contribution in [2.24, 2.45) is 5.73 Å². The van der Waals surface area contributed by atoms with E-state index < -0.39 is 35.2 Å². The largest absolute Gasteiger partial charge is 0.508 e. The van der Waals surface area contributed by atoms with Crippen LogP contribution in [0.3, 0.4) is 0 Å². The number of β-lactam (4-membered cyclic amide) rings is 1. The molecule has 2 saturated heterocycles. The number of hydrogen-bond donors (Lipinski definition) is 4. The number of phenols is 1.